The maximum absolute atomic E-state index is 5.73. The lowest BCUT2D eigenvalue weighted by atomic mass is 9.94. The van der Waals surface area contributed by atoms with Gasteiger partial charge < -0.3 is 14.2 Å². The molecule has 0 N–H and O–H groups in total. The van der Waals surface area contributed by atoms with Crippen LogP contribution in [0.1, 0.15) is 27.2 Å². The second-order valence-electron chi connectivity index (χ2n) is 5.03. The largest absolute Gasteiger partial charge is 0.373 e. The summed E-state index contributed by atoms with van der Waals surface area (Å²) in [5.41, 5.74) is 0.157. The molecule has 0 radical (unpaired) electrons. The van der Waals surface area contributed by atoms with Crippen molar-refractivity contribution in [3.63, 3.8) is 0 Å². The first kappa shape index (κ1) is 9.44. The van der Waals surface area contributed by atoms with Crippen LogP contribution in [0.4, 0.5) is 0 Å². The molecule has 3 nitrogen and oxygen atoms in total. The number of ether oxygens (including phenoxy) is 3. The van der Waals surface area contributed by atoms with Crippen molar-refractivity contribution in [1.82, 2.24) is 0 Å². The molecule has 0 amide bonds. The van der Waals surface area contributed by atoms with Crippen molar-refractivity contribution in [3.05, 3.63) is 0 Å². The summed E-state index contributed by atoms with van der Waals surface area (Å²) in [5.74, 6) is -0.406. The summed E-state index contributed by atoms with van der Waals surface area (Å²) in [6, 6.07) is 0. The topological polar surface area (TPSA) is 31.0 Å². The van der Waals surface area contributed by atoms with Crippen molar-refractivity contribution in [2.75, 3.05) is 19.8 Å². The van der Waals surface area contributed by atoms with Crippen LogP contribution in [0, 0.1) is 5.41 Å². The zero-order valence-electron chi connectivity index (χ0n) is 8.63. The van der Waals surface area contributed by atoms with Gasteiger partial charge >= 0.3 is 0 Å². The Morgan fingerprint density at radius 3 is 2.15 bits per heavy atom. The highest BCUT2D eigenvalue weighted by Crippen LogP contribution is 2.34. The SMILES string of the molecule is CC1(C)COC(C)(C[C@@H]2CO2)OC1. The maximum Gasteiger partial charge on any atom is 0.168 e. The molecule has 0 bridgehead atoms. The van der Waals surface area contributed by atoms with E-state index in [1.807, 2.05) is 6.92 Å². The zero-order chi connectivity index (χ0) is 9.53. The molecule has 1 atom stereocenters. The van der Waals surface area contributed by atoms with Gasteiger partial charge in [0, 0.05) is 11.8 Å². The molecule has 2 fully saturated rings. The van der Waals surface area contributed by atoms with Crippen molar-refractivity contribution in [3.8, 4) is 0 Å². The Morgan fingerprint density at radius 2 is 1.69 bits per heavy atom. The Labute approximate surface area is 79.4 Å². The smallest absolute Gasteiger partial charge is 0.168 e. The van der Waals surface area contributed by atoms with Crippen LogP contribution in [0.15, 0.2) is 0 Å². The molecule has 0 spiro atoms. The summed E-state index contributed by atoms with van der Waals surface area (Å²) in [5, 5.41) is 0. The summed E-state index contributed by atoms with van der Waals surface area (Å²) in [6.45, 7) is 8.72. The van der Waals surface area contributed by atoms with Gasteiger partial charge in [0.25, 0.3) is 0 Å². The molecule has 0 aromatic rings. The fourth-order valence-corrected chi connectivity index (χ4v) is 1.50. The summed E-state index contributed by atoms with van der Waals surface area (Å²) in [4.78, 5) is 0. The van der Waals surface area contributed by atoms with Gasteiger partial charge in [-0.05, 0) is 6.92 Å². The van der Waals surface area contributed by atoms with Gasteiger partial charge in [-0.25, -0.2) is 0 Å². The van der Waals surface area contributed by atoms with Crippen LogP contribution < -0.4 is 0 Å². The van der Waals surface area contributed by atoms with Crippen molar-refractivity contribution in [2.24, 2.45) is 5.41 Å². The summed E-state index contributed by atoms with van der Waals surface area (Å²) in [6.07, 6.45) is 1.23. The van der Waals surface area contributed by atoms with Crippen molar-refractivity contribution >= 4 is 0 Å². The average molecular weight is 186 g/mol. The second-order valence-corrected chi connectivity index (χ2v) is 5.03. The number of rotatable bonds is 2. The Balaban J connectivity index is 1.87. The minimum Gasteiger partial charge on any atom is -0.373 e. The van der Waals surface area contributed by atoms with Crippen LogP contribution in [-0.4, -0.2) is 31.7 Å². The lowest BCUT2D eigenvalue weighted by Crippen LogP contribution is -2.46. The molecule has 0 aliphatic carbocycles. The van der Waals surface area contributed by atoms with Crippen LogP contribution in [0.5, 0.6) is 0 Å². The molecule has 2 saturated heterocycles. The lowest BCUT2D eigenvalue weighted by Gasteiger charge is -2.41. The first-order chi connectivity index (χ1) is 5.99. The molecular weight excluding hydrogens is 168 g/mol. The highest BCUT2D eigenvalue weighted by molar-refractivity contribution is 4.82. The van der Waals surface area contributed by atoms with E-state index in [2.05, 4.69) is 13.8 Å². The maximum atomic E-state index is 5.73. The molecule has 76 valence electrons. The predicted molar refractivity (Wildman–Crippen MR) is 48.4 cm³/mol. The first-order valence-electron chi connectivity index (χ1n) is 4.89. The summed E-state index contributed by atoms with van der Waals surface area (Å²) < 4.78 is 16.6. The minimum absolute atomic E-state index is 0.157. The van der Waals surface area contributed by atoms with Crippen molar-refractivity contribution < 1.29 is 14.2 Å². The second kappa shape index (κ2) is 2.94. The van der Waals surface area contributed by atoms with Crippen LogP contribution in [-0.2, 0) is 14.2 Å². The van der Waals surface area contributed by atoms with E-state index in [1.165, 1.54) is 0 Å². The van der Waals surface area contributed by atoms with Gasteiger partial charge in [0.15, 0.2) is 5.79 Å². The van der Waals surface area contributed by atoms with Crippen molar-refractivity contribution in [1.29, 1.82) is 0 Å². The lowest BCUT2D eigenvalue weighted by molar-refractivity contribution is -0.293. The van der Waals surface area contributed by atoms with Gasteiger partial charge in [-0.3, -0.25) is 0 Å². The molecule has 0 aromatic carbocycles. The van der Waals surface area contributed by atoms with E-state index in [0.717, 1.165) is 26.2 Å². The van der Waals surface area contributed by atoms with E-state index in [1.54, 1.807) is 0 Å². The number of hydrogen-bond donors (Lipinski definition) is 0. The van der Waals surface area contributed by atoms with Gasteiger partial charge in [0.2, 0.25) is 0 Å². The van der Waals surface area contributed by atoms with E-state index in [0.29, 0.717) is 6.10 Å². The van der Waals surface area contributed by atoms with Crippen LogP contribution in [0.2, 0.25) is 0 Å². The average Bonchev–Trinajstić information content (AvgIpc) is 2.81. The standard InChI is InChI=1S/C10H18O3/c1-9(2)6-12-10(3,13-7-9)4-8-5-11-8/h8H,4-7H2,1-3H3/t8-/m1/s1. The molecule has 2 aliphatic rings. The quantitative estimate of drug-likeness (QED) is 0.613. The molecule has 0 saturated carbocycles. The van der Waals surface area contributed by atoms with Crippen LogP contribution in [0.25, 0.3) is 0 Å². The monoisotopic (exact) mass is 186 g/mol. The molecule has 2 aliphatic heterocycles. The summed E-state index contributed by atoms with van der Waals surface area (Å²) in [7, 11) is 0. The molecule has 0 aromatic heterocycles. The first-order valence-corrected chi connectivity index (χ1v) is 4.89. The zero-order valence-corrected chi connectivity index (χ0v) is 8.63. The molecule has 2 heterocycles. The van der Waals surface area contributed by atoms with Gasteiger partial charge in [0.1, 0.15) is 0 Å². The van der Waals surface area contributed by atoms with Gasteiger partial charge in [0.05, 0.1) is 25.9 Å². The third-order valence-electron chi connectivity index (χ3n) is 2.54. The molecule has 0 unspecified atom stereocenters. The Morgan fingerprint density at radius 1 is 1.15 bits per heavy atom. The molecule has 3 heteroatoms. The van der Waals surface area contributed by atoms with E-state index < -0.39 is 5.79 Å². The normalized spacial score (nSPS) is 35.8. The summed E-state index contributed by atoms with van der Waals surface area (Å²) >= 11 is 0. The van der Waals surface area contributed by atoms with E-state index in [9.17, 15) is 0 Å². The van der Waals surface area contributed by atoms with Crippen molar-refractivity contribution in [2.45, 2.75) is 39.1 Å². The van der Waals surface area contributed by atoms with Crippen LogP contribution >= 0.6 is 0 Å². The van der Waals surface area contributed by atoms with E-state index in [-0.39, 0.29) is 5.41 Å². The molecular formula is C10H18O3. The Kier molecular flexibility index (Phi) is 2.13. The van der Waals surface area contributed by atoms with Crippen LogP contribution in [0.3, 0.4) is 0 Å². The highest BCUT2D eigenvalue weighted by atomic mass is 16.7. The van der Waals surface area contributed by atoms with E-state index >= 15 is 0 Å². The van der Waals surface area contributed by atoms with E-state index in [4.69, 9.17) is 14.2 Å². The van der Waals surface area contributed by atoms with Gasteiger partial charge in [-0.1, -0.05) is 13.8 Å². The highest BCUT2D eigenvalue weighted by Gasteiger charge is 2.41. The number of hydrogen-bond acceptors (Lipinski definition) is 3. The number of epoxide rings is 1. The minimum atomic E-state index is -0.406. The third-order valence-corrected chi connectivity index (χ3v) is 2.54. The van der Waals surface area contributed by atoms with Gasteiger partial charge in [-0.15, -0.1) is 0 Å². The van der Waals surface area contributed by atoms with Gasteiger partial charge in [-0.2, -0.15) is 0 Å². The fraction of sp³-hybridized carbons (Fsp3) is 1.00. The fourth-order valence-electron chi connectivity index (χ4n) is 1.50. The Bertz CT molecular complexity index is 186. The third kappa shape index (κ3) is 2.42. The predicted octanol–water partition coefficient (Wildman–Crippen LogP) is 1.56. The Hall–Kier alpha value is -0.120. The molecule has 2 rings (SSSR count). The molecule has 13 heavy (non-hydrogen) atoms.